The smallest absolute Gasteiger partial charge is 0.129 e. The third-order valence-electron chi connectivity index (χ3n) is 3.28. The van der Waals surface area contributed by atoms with E-state index in [-0.39, 0.29) is 11.2 Å². The number of nitrogens with one attached hydrogen (secondary N) is 1. The van der Waals surface area contributed by atoms with E-state index in [4.69, 9.17) is 5.26 Å². The summed E-state index contributed by atoms with van der Waals surface area (Å²) < 4.78 is 13.5. The van der Waals surface area contributed by atoms with Crippen LogP contribution in [0.2, 0.25) is 0 Å². The van der Waals surface area contributed by atoms with Gasteiger partial charge in [0.2, 0.25) is 0 Å². The predicted molar refractivity (Wildman–Crippen MR) is 76.2 cm³/mol. The topological polar surface area (TPSA) is 35.8 Å². The van der Waals surface area contributed by atoms with Crippen LogP contribution in [0.5, 0.6) is 0 Å². The molecule has 0 saturated carbocycles. The molecule has 0 amide bonds. The van der Waals surface area contributed by atoms with E-state index in [9.17, 15) is 4.39 Å². The molecule has 0 atom stereocenters. The van der Waals surface area contributed by atoms with Crippen molar-refractivity contribution in [1.82, 2.24) is 5.32 Å². The number of hydrogen-bond donors (Lipinski definition) is 1. The van der Waals surface area contributed by atoms with Gasteiger partial charge < -0.3 is 5.32 Å². The van der Waals surface area contributed by atoms with Crippen LogP contribution in [-0.4, -0.2) is 6.54 Å². The van der Waals surface area contributed by atoms with Crippen molar-refractivity contribution in [2.24, 2.45) is 5.41 Å². The monoisotopic (exact) mass is 262 g/mol. The fourth-order valence-electron chi connectivity index (χ4n) is 2.08. The van der Waals surface area contributed by atoms with Gasteiger partial charge in [0.15, 0.2) is 0 Å². The standard InChI is InChI=1S/C16H23FN2/c1-12-8-14(9-13(2)15(12)17)10-19-7-5-6-16(3,4)11-18/h8-9,19H,5-7,10H2,1-4H3. The van der Waals surface area contributed by atoms with Crippen molar-refractivity contribution < 1.29 is 4.39 Å². The highest BCUT2D eigenvalue weighted by Crippen LogP contribution is 2.20. The molecule has 2 nitrogen and oxygen atoms in total. The van der Waals surface area contributed by atoms with Crippen molar-refractivity contribution in [3.05, 3.63) is 34.6 Å². The highest BCUT2D eigenvalue weighted by atomic mass is 19.1. The Balaban J connectivity index is 2.37. The van der Waals surface area contributed by atoms with Gasteiger partial charge >= 0.3 is 0 Å². The number of aryl methyl sites for hydroxylation is 2. The molecule has 0 aliphatic heterocycles. The third-order valence-corrected chi connectivity index (χ3v) is 3.28. The van der Waals surface area contributed by atoms with Crippen molar-refractivity contribution in [2.45, 2.75) is 47.1 Å². The lowest BCUT2D eigenvalue weighted by molar-refractivity contribution is 0.426. The maximum atomic E-state index is 13.5. The summed E-state index contributed by atoms with van der Waals surface area (Å²) in [7, 11) is 0. The SMILES string of the molecule is Cc1cc(CNCCCC(C)(C)C#N)cc(C)c1F. The largest absolute Gasteiger partial charge is 0.313 e. The molecule has 104 valence electrons. The van der Waals surface area contributed by atoms with Gasteiger partial charge in [-0.25, -0.2) is 4.39 Å². The second-order valence-electron chi connectivity index (χ2n) is 5.82. The van der Waals surface area contributed by atoms with E-state index in [1.807, 2.05) is 26.0 Å². The summed E-state index contributed by atoms with van der Waals surface area (Å²) in [4.78, 5) is 0. The summed E-state index contributed by atoms with van der Waals surface area (Å²) in [6.45, 7) is 9.12. The highest BCUT2D eigenvalue weighted by Gasteiger charge is 2.15. The Bertz CT molecular complexity index is 449. The van der Waals surface area contributed by atoms with Gasteiger partial charge in [-0.1, -0.05) is 12.1 Å². The molecule has 0 heterocycles. The molecule has 0 fully saturated rings. The fourth-order valence-corrected chi connectivity index (χ4v) is 2.08. The molecular weight excluding hydrogens is 239 g/mol. The van der Waals surface area contributed by atoms with E-state index in [0.29, 0.717) is 11.1 Å². The van der Waals surface area contributed by atoms with Crippen LogP contribution in [-0.2, 0) is 6.54 Å². The van der Waals surface area contributed by atoms with Crippen molar-refractivity contribution in [1.29, 1.82) is 5.26 Å². The minimum atomic E-state index is -0.245. The first-order valence-corrected chi connectivity index (χ1v) is 6.73. The first-order valence-electron chi connectivity index (χ1n) is 6.73. The Morgan fingerprint density at radius 1 is 1.26 bits per heavy atom. The van der Waals surface area contributed by atoms with Gasteiger partial charge in [0.05, 0.1) is 11.5 Å². The zero-order valence-electron chi connectivity index (χ0n) is 12.3. The maximum Gasteiger partial charge on any atom is 0.129 e. The minimum Gasteiger partial charge on any atom is -0.313 e. The van der Waals surface area contributed by atoms with E-state index in [0.717, 1.165) is 31.5 Å². The first kappa shape index (κ1) is 15.7. The zero-order chi connectivity index (χ0) is 14.5. The van der Waals surface area contributed by atoms with Crippen LogP contribution >= 0.6 is 0 Å². The van der Waals surface area contributed by atoms with Crippen LogP contribution < -0.4 is 5.32 Å². The summed E-state index contributed by atoms with van der Waals surface area (Å²) in [6.07, 6.45) is 1.86. The summed E-state index contributed by atoms with van der Waals surface area (Å²) >= 11 is 0. The van der Waals surface area contributed by atoms with Gasteiger partial charge in [0, 0.05) is 6.54 Å². The lowest BCUT2D eigenvalue weighted by atomic mass is 9.90. The van der Waals surface area contributed by atoms with E-state index in [1.54, 1.807) is 13.8 Å². The van der Waals surface area contributed by atoms with Crippen molar-refractivity contribution >= 4 is 0 Å². The van der Waals surface area contributed by atoms with Crippen LogP contribution in [0.4, 0.5) is 4.39 Å². The Hall–Kier alpha value is -1.40. The normalized spacial score (nSPS) is 11.4. The minimum absolute atomic E-state index is 0.112. The number of rotatable bonds is 6. The molecule has 0 saturated heterocycles. The van der Waals surface area contributed by atoms with Crippen LogP contribution in [0, 0.1) is 36.4 Å². The molecule has 1 N–H and O–H groups in total. The molecule has 1 aromatic carbocycles. The van der Waals surface area contributed by atoms with Gasteiger partial charge in [0.25, 0.3) is 0 Å². The van der Waals surface area contributed by atoms with Crippen molar-refractivity contribution in [3.8, 4) is 6.07 Å². The third kappa shape index (κ3) is 5.00. The Labute approximate surface area is 115 Å². The molecule has 0 aliphatic carbocycles. The first-order chi connectivity index (χ1) is 8.85. The number of halogens is 1. The maximum absolute atomic E-state index is 13.5. The van der Waals surface area contributed by atoms with E-state index >= 15 is 0 Å². The van der Waals surface area contributed by atoms with Gasteiger partial charge in [0.1, 0.15) is 5.82 Å². The molecule has 0 spiro atoms. The van der Waals surface area contributed by atoms with Gasteiger partial charge in [-0.15, -0.1) is 0 Å². The van der Waals surface area contributed by atoms with Crippen LogP contribution in [0.3, 0.4) is 0 Å². The highest BCUT2D eigenvalue weighted by molar-refractivity contribution is 5.30. The summed E-state index contributed by atoms with van der Waals surface area (Å²) in [5.74, 6) is -0.112. The molecule has 19 heavy (non-hydrogen) atoms. The number of nitriles is 1. The lowest BCUT2D eigenvalue weighted by Gasteiger charge is -2.14. The Morgan fingerprint density at radius 3 is 2.37 bits per heavy atom. The van der Waals surface area contributed by atoms with E-state index < -0.39 is 0 Å². The summed E-state index contributed by atoms with van der Waals surface area (Å²) in [6, 6.07) is 6.07. The second-order valence-corrected chi connectivity index (χ2v) is 5.82. The molecular formula is C16H23FN2. The number of benzene rings is 1. The average molecular weight is 262 g/mol. The van der Waals surface area contributed by atoms with Crippen molar-refractivity contribution in [2.75, 3.05) is 6.54 Å². The molecule has 0 unspecified atom stereocenters. The van der Waals surface area contributed by atoms with Gasteiger partial charge in [-0.05, 0) is 63.8 Å². The average Bonchev–Trinajstić information content (AvgIpc) is 2.35. The Kier molecular flexibility index (Phi) is 5.50. The van der Waals surface area contributed by atoms with Gasteiger partial charge in [-0.3, -0.25) is 0 Å². The number of nitrogens with zero attached hydrogens (tertiary/aromatic N) is 1. The molecule has 0 aromatic heterocycles. The van der Waals surface area contributed by atoms with Crippen LogP contribution in [0.1, 0.15) is 43.4 Å². The summed E-state index contributed by atoms with van der Waals surface area (Å²) in [5, 5.41) is 12.3. The predicted octanol–water partition coefficient (Wildman–Crippen LogP) is 3.86. The number of hydrogen-bond acceptors (Lipinski definition) is 2. The van der Waals surface area contributed by atoms with Crippen molar-refractivity contribution in [3.63, 3.8) is 0 Å². The Morgan fingerprint density at radius 2 is 1.84 bits per heavy atom. The molecule has 0 bridgehead atoms. The second kappa shape index (κ2) is 6.68. The molecule has 3 heteroatoms. The van der Waals surface area contributed by atoms with Crippen LogP contribution in [0.15, 0.2) is 12.1 Å². The molecule has 0 radical (unpaired) electrons. The molecule has 1 rings (SSSR count). The molecule has 1 aromatic rings. The molecule has 0 aliphatic rings. The fraction of sp³-hybridized carbons (Fsp3) is 0.562. The van der Waals surface area contributed by atoms with Gasteiger partial charge in [-0.2, -0.15) is 5.26 Å². The lowest BCUT2D eigenvalue weighted by Crippen LogP contribution is -2.18. The van der Waals surface area contributed by atoms with E-state index in [1.165, 1.54) is 0 Å². The summed E-state index contributed by atoms with van der Waals surface area (Å²) in [5.41, 5.74) is 2.26. The van der Waals surface area contributed by atoms with Crippen LogP contribution in [0.25, 0.3) is 0 Å². The van der Waals surface area contributed by atoms with E-state index in [2.05, 4.69) is 11.4 Å². The quantitative estimate of drug-likeness (QED) is 0.790. The zero-order valence-corrected chi connectivity index (χ0v) is 12.3.